The smallest absolute Gasteiger partial charge is 0.323 e. The lowest BCUT2D eigenvalue weighted by Crippen LogP contribution is -2.51. The van der Waals surface area contributed by atoms with E-state index in [1.807, 2.05) is 0 Å². The summed E-state index contributed by atoms with van der Waals surface area (Å²) < 4.78 is 0. The summed E-state index contributed by atoms with van der Waals surface area (Å²) >= 11 is 0. The third kappa shape index (κ3) is 3.47. The van der Waals surface area contributed by atoms with Crippen LogP contribution in [0.3, 0.4) is 0 Å². The van der Waals surface area contributed by atoms with Crippen LogP contribution in [0.5, 0.6) is 0 Å². The SMILES string of the molecule is NCC1(C(=O)N(CC(=O)O)CC2CC2)CCCCC1. The zero-order chi connectivity index (χ0) is 13.9. The van der Waals surface area contributed by atoms with Gasteiger partial charge in [0.1, 0.15) is 6.54 Å². The number of hydrogen-bond donors (Lipinski definition) is 2. The number of carbonyl (C=O) groups excluding carboxylic acids is 1. The third-order valence-electron chi connectivity index (χ3n) is 4.44. The zero-order valence-electron chi connectivity index (χ0n) is 11.4. The number of nitrogens with two attached hydrogens (primary N) is 1. The van der Waals surface area contributed by atoms with E-state index in [1.165, 1.54) is 4.90 Å². The molecule has 2 aliphatic rings. The molecule has 2 aliphatic carbocycles. The molecule has 0 aromatic heterocycles. The van der Waals surface area contributed by atoms with E-state index < -0.39 is 11.4 Å². The van der Waals surface area contributed by atoms with Crippen molar-refractivity contribution < 1.29 is 14.7 Å². The molecule has 0 spiro atoms. The van der Waals surface area contributed by atoms with E-state index in [2.05, 4.69) is 0 Å². The molecule has 0 saturated heterocycles. The van der Waals surface area contributed by atoms with Crippen LogP contribution in [0.4, 0.5) is 0 Å². The van der Waals surface area contributed by atoms with Gasteiger partial charge in [-0.15, -0.1) is 0 Å². The molecule has 0 aliphatic heterocycles. The van der Waals surface area contributed by atoms with Crippen LogP contribution < -0.4 is 5.73 Å². The molecule has 108 valence electrons. The Kier molecular flexibility index (Phi) is 4.45. The second-order valence-electron chi connectivity index (χ2n) is 6.07. The highest BCUT2D eigenvalue weighted by atomic mass is 16.4. The quantitative estimate of drug-likeness (QED) is 0.758. The molecule has 5 nitrogen and oxygen atoms in total. The van der Waals surface area contributed by atoms with E-state index in [0.717, 1.165) is 44.9 Å². The normalized spacial score (nSPS) is 21.9. The summed E-state index contributed by atoms with van der Waals surface area (Å²) in [5.41, 5.74) is 5.36. The summed E-state index contributed by atoms with van der Waals surface area (Å²) in [4.78, 5) is 25.2. The van der Waals surface area contributed by atoms with Gasteiger partial charge in [-0.1, -0.05) is 19.3 Å². The van der Waals surface area contributed by atoms with Crippen LogP contribution in [0.1, 0.15) is 44.9 Å². The molecule has 2 fully saturated rings. The highest BCUT2D eigenvalue weighted by Gasteiger charge is 2.42. The first-order valence-corrected chi connectivity index (χ1v) is 7.29. The molecule has 2 saturated carbocycles. The number of carboxylic acids is 1. The van der Waals surface area contributed by atoms with E-state index in [1.54, 1.807) is 0 Å². The number of nitrogens with zero attached hydrogens (tertiary/aromatic N) is 1. The van der Waals surface area contributed by atoms with Gasteiger partial charge in [0.15, 0.2) is 0 Å². The summed E-state index contributed by atoms with van der Waals surface area (Å²) in [7, 11) is 0. The van der Waals surface area contributed by atoms with Gasteiger partial charge >= 0.3 is 5.97 Å². The van der Waals surface area contributed by atoms with Gasteiger partial charge in [-0.3, -0.25) is 9.59 Å². The molecule has 1 amide bonds. The Morgan fingerprint density at radius 2 is 1.84 bits per heavy atom. The molecule has 0 aromatic carbocycles. The summed E-state index contributed by atoms with van der Waals surface area (Å²) in [6.45, 7) is 0.747. The largest absolute Gasteiger partial charge is 0.480 e. The molecular formula is C14H24N2O3. The van der Waals surface area contributed by atoms with Crippen LogP contribution in [0.15, 0.2) is 0 Å². The van der Waals surface area contributed by atoms with Crippen LogP contribution in [-0.2, 0) is 9.59 Å². The van der Waals surface area contributed by atoms with Gasteiger partial charge in [0.25, 0.3) is 0 Å². The van der Waals surface area contributed by atoms with Gasteiger partial charge in [0.05, 0.1) is 5.41 Å². The molecule has 0 heterocycles. The van der Waals surface area contributed by atoms with Crippen molar-refractivity contribution in [3.05, 3.63) is 0 Å². The predicted molar refractivity (Wildman–Crippen MR) is 71.5 cm³/mol. The summed E-state index contributed by atoms with van der Waals surface area (Å²) in [6, 6.07) is 0. The van der Waals surface area contributed by atoms with Crippen LogP contribution in [-0.4, -0.2) is 41.5 Å². The Morgan fingerprint density at radius 3 is 2.32 bits per heavy atom. The molecule has 0 aromatic rings. The molecule has 2 rings (SSSR count). The standard InChI is InChI=1S/C14H24N2O3/c15-10-14(6-2-1-3-7-14)13(19)16(9-12(17)18)8-11-4-5-11/h11H,1-10,15H2,(H,17,18). The van der Waals surface area contributed by atoms with Crippen molar-refractivity contribution in [1.82, 2.24) is 4.90 Å². The molecular weight excluding hydrogens is 244 g/mol. The highest BCUT2D eigenvalue weighted by Crippen LogP contribution is 2.38. The predicted octanol–water partition coefficient (Wildman–Crippen LogP) is 1.22. The lowest BCUT2D eigenvalue weighted by molar-refractivity contribution is -0.151. The number of amides is 1. The van der Waals surface area contributed by atoms with Crippen molar-refractivity contribution >= 4 is 11.9 Å². The summed E-state index contributed by atoms with van der Waals surface area (Å²) in [6.07, 6.45) is 7.03. The fourth-order valence-electron chi connectivity index (χ4n) is 3.06. The maximum Gasteiger partial charge on any atom is 0.323 e. The Balaban J connectivity index is 2.08. The lowest BCUT2D eigenvalue weighted by atomic mass is 9.73. The highest BCUT2D eigenvalue weighted by molar-refractivity contribution is 5.86. The second-order valence-corrected chi connectivity index (χ2v) is 6.07. The average molecular weight is 268 g/mol. The van der Waals surface area contributed by atoms with Gasteiger partial charge in [-0.05, 0) is 31.6 Å². The number of aliphatic carboxylic acids is 1. The minimum atomic E-state index is -0.933. The molecule has 0 bridgehead atoms. The van der Waals surface area contributed by atoms with Crippen LogP contribution in [0, 0.1) is 11.3 Å². The van der Waals surface area contributed by atoms with Gasteiger partial charge in [-0.25, -0.2) is 0 Å². The van der Waals surface area contributed by atoms with Crippen molar-refractivity contribution in [2.75, 3.05) is 19.6 Å². The van der Waals surface area contributed by atoms with Crippen molar-refractivity contribution in [2.24, 2.45) is 17.1 Å². The first-order valence-electron chi connectivity index (χ1n) is 7.29. The number of hydrogen-bond acceptors (Lipinski definition) is 3. The van der Waals surface area contributed by atoms with E-state index in [0.29, 0.717) is 19.0 Å². The molecule has 5 heteroatoms. The molecule has 0 unspecified atom stereocenters. The first kappa shape index (κ1) is 14.3. The van der Waals surface area contributed by atoms with Crippen molar-refractivity contribution in [3.8, 4) is 0 Å². The number of rotatable bonds is 6. The minimum Gasteiger partial charge on any atom is -0.480 e. The van der Waals surface area contributed by atoms with Crippen molar-refractivity contribution in [3.63, 3.8) is 0 Å². The van der Waals surface area contributed by atoms with Crippen LogP contribution >= 0.6 is 0 Å². The maximum absolute atomic E-state index is 12.7. The van der Waals surface area contributed by atoms with E-state index in [-0.39, 0.29) is 12.5 Å². The van der Waals surface area contributed by atoms with Crippen LogP contribution in [0.2, 0.25) is 0 Å². The number of carbonyl (C=O) groups is 2. The van der Waals surface area contributed by atoms with Crippen molar-refractivity contribution in [2.45, 2.75) is 44.9 Å². The average Bonchev–Trinajstić information content (AvgIpc) is 3.21. The molecule has 3 N–H and O–H groups in total. The fraction of sp³-hybridized carbons (Fsp3) is 0.857. The van der Waals surface area contributed by atoms with Gasteiger partial charge in [0, 0.05) is 13.1 Å². The zero-order valence-corrected chi connectivity index (χ0v) is 11.4. The third-order valence-corrected chi connectivity index (χ3v) is 4.44. The van der Waals surface area contributed by atoms with Gasteiger partial charge < -0.3 is 15.7 Å². The van der Waals surface area contributed by atoms with Crippen molar-refractivity contribution in [1.29, 1.82) is 0 Å². The van der Waals surface area contributed by atoms with E-state index in [9.17, 15) is 9.59 Å². The Bertz CT molecular complexity index is 347. The van der Waals surface area contributed by atoms with E-state index >= 15 is 0 Å². The molecule has 19 heavy (non-hydrogen) atoms. The monoisotopic (exact) mass is 268 g/mol. The Hall–Kier alpha value is -1.10. The van der Waals surface area contributed by atoms with Gasteiger partial charge in [-0.2, -0.15) is 0 Å². The number of carboxylic acid groups (broad SMARTS) is 1. The molecule has 0 atom stereocenters. The fourth-order valence-corrected chi connectivity index (χ4v) is 3.06. The Labute approximate surface area is 114 Å². The summed E-state index contributed by atoms with van der Waals surface area (Å²) in [5.74, 6) is -0.456. The maximum atomic E-state index is 12.7. The molecule has 0 radical (unpaired) electrons. The second kappa shape index (κ2) is 5.90. The summed E-state index contributed by atoms with van der Waals surface area (Å²) in [5, 5.41) is 9.00. The van der Waals surface area contributed by atoms with E-state index in [4.69, 9.17) is 10.8 Å². The topological polar surface area (TPSA) is 83.6 Å². The minimum absolute atomic E-state index is 0.0241. The van der Waals surface area contributed by atoms with Crippen LogP contribution in [0.25, 0.3) is 0 Å². The first-order chi connectivity index (χ1) is 9.07. The lowest BCUT2D eigenvalue weighted by Gasteiger charge is -2.38. The van der Waals surface area contributed by atoms with Gasteiger partial charge in [0.2, 0.25) is 5.91 Å². The Morgan fingerprint density at radius 1 is 1.21 bits per heavy atom.